The van der Waals surface area contributed by atoms with Crippen LogP contribution in [-0.4, -0.2) is 52.7 Å². The van der Waals surface area contributed by atoms with Crippen molar-refractivity contribution >= 4 is 11.9 Å². The molecular weight excluding hydrogens is 332 g/mol. The van der Waals surface area contributed by atoms with E-state index in [2.05, 4.69) is 22.3 Å². The van der Waals surface area contributed by atoms with Crippen molar-refractivity contribution in [1.29, 1.82) is 0 Å². The molecule has 6 nitrogen and oxygen atoms in total. The highest BCUT2D eigenvalue weighted by atomic mass is 16.4. The summed E-state index contributed by atoms with van der Waals surface area (Å²) in [7, 11) is 0. The molecule has 6 heteroatoms. The summed E-state index contributed by atoms with van der Waals surface area (Å²) in [5.74, 6) is -1.36. The monoisotopic (exact) mass is 354 g/mol. The van der Waals surface area contributed by atoms with Crippen molar-refractivity contribution in [2.24, 2.45) is 0 Å². The number of carboxylic acids is 1. The Bertz CT molecular complexity index is 789. The second-order valence-electron chi connectivity index (χ2n) is 6.50. The molecule has 0 aromatic heterocycles. The number of β-amino-alcohol motifs (C(OH)–C–C–N with tert-alkyl or cyclic N) is 1. The topological polar surface area (TPSA) is 89.9 Å². The van der Waals surface area contributed by atoms with Crippen LogP contribution in [0.4, 0.5) is 0 Å². The maximum atomic E-state index is 12.1. The van der Waals surface area contributed by atoms with E-state index in [0.29, 0.717) is 12.1 Å². The van der Waals surface area contributed by atoms with Gasteiger partial charge in [0.2, 0.25) is 0 Å². The minimum atomic E-state index is -1.03. The van der Waals surface area contributed by atoms with Crippen LogP contribution in [0.15, 0.2) is 48.5 Å². The molecule has 2 aromatic carbocycles. The summed E-state index contributed by atoms with van der Waals surface area (Å²) < 4.78 is 0. The molecule has 0 aliphatic carbocycles. The molecule has 26 heavy (non-hydrogen) atoms. The molecule has 3 rings (SSSR count). The number of benzene rings is 2. The lowest BCUT2D eigenvalue weighted by Crippen LogP contribution is -2.42. The molecule has 0 saturated carbocycles. The van der Waals surface area contributed by atoms with Crippen LogP contribution in [0.5, 0.6) is 0 Å². The van der Waals surface area contributed by atoms with Gasteiger partial charge in [-0.25, -0.2) is 4.79 Å². The Morgan fingerprint density at radius 1 is 1.04 bits per heavy atom. The van der Waals surface area contributed by atoms with Gasteiger partial charge < -0.3 is 15.5 Å². The van der Waals surface area contributed by atoms with Crippen molar-refractivity contribution in [3.8, 4) is 0 Å². The summed E-state index contributed by atoms with van der Waals surface area (Å²) in [6, 6.07) is 14.0. The first kappa shape index (κ1) is 18.1. The van der Waals surface area contributed by atoms with Crippen molar-refractivity contribution in [1.82, 2.24) is 10.2 Å². The zero-order valence-corrected chi connectivity index (χ0v) is 14.4. The largest absolute Gasteiger partial charge is 0.478 e. The van der Waals surface area contributed by atoms with Gasteiger partial charge in [0.1, 0.15) is 0 Å². The van der Waals surface area contributed by atoms with E-state index >= 15 is 0 Å². The fourth-order valence-electron chi connectivity index (χ4n) is 3.15. The summed E-state index contributed by atoms with van der Waals surface area (Å²) >= 11 is 0. The molecule has 0 saturated heterocycles. The summed E-state index contributed by atoms with van der Waals surface area (Å²) in [4.78, 5) is 25.1. The maximum absolute atomic E-state index is 12.1. The van der Waals surface area contributed by atoms with E-state index in [1.165, 1.54) is 35.4 Å². The third-order valence-electron chi connectivity index (χ3n) is 4.57. The summed E-state index contributed by atoms with van der Waals surface area (Å²) in [6.07, 6.45) is 0.299. The number of carboxylic acid groups (broad SMARTS) is 1. The average molecular weight is 354 g/mol. The Kier molecular flexibility index (Phi) is 5.65. The number of amides is 1. The predicted octanol–water partition coefficient (Wildman–Crippen LogP) is 1.53. The first-order valence-electron chi connectivity index (χ1n) is 8.61. The van der Waals surface area contributed by atoms with E-state index in [0.717, 1.165) is 19.5 Å². The highest BCUT2D eigenvalue weighted by Gasteiger charge is 2.19. The van der Waals surface area contributed by atoms with Crippen LogP contribution >= 0.6 is 0 Å². The zero-order valence-electron chi connectivity index (χ0n) is 14.4. The van der Waals surface area contributed by atoms with Gasteiger partial charge in [0.05, 0.1) is 11.7 Å². The Morgan fingerprint density at radius 2 is 1.69 bits per heavy atom. The Hall–Kier alpha value is -2.70. The van der Waals surface area contributed by atoms with E-state index in [1.54, 1.807) is 0 Å². The quantitative estimate of drug-likeness (QED) is 0.732. The van der Waals surface area contributed by atoms with Crippen molar-refractivity contribution < 1.29 is 19.8 Å². The molecule has 0 bridgehead atoms. The fraction of sp³-hybridized carbons (Fsp3) is 0.300. The molecule has 1 aliphatic rings. The van der Waals surface area contributed by atoms with Gasteiger partial charge in [-0.2, -0.15) is 0 Å². The maximum Gasteiger partial charge on any atom is 0.335 e. The Labute approximate surface area is 152 Å². The van der Waals surface area contributed by atoms with Crippen molar-refractivity contribution in [3.63, 3.8) is 0 Å². The number of nitrogens with zero attached hydrogens (tertiary/aromatic N) is 1. The first-order valence-corrected chi connectivity index (χ1v) is 8.61. The van der Waals surface area contributed by atoms with E-state index in [-0.39, 0.29) is 18.0 Å². The molecular formula is C20H22N2O4. The van der Waals surface area contributed by atoms with Crippen molar-refractivity contribution in [2.45, 2.75) is 19.1 Å². The van der Waals surface area contributed by atoms with E-state index in [4.69, 9.17) is 5.11 Å². The molecule has 2 aromatic rings. The molecule has 0 fully saturated rings. The van der Waals surface area contributed by atoms with Crippen molar-refractivity contribution in [2.75, 3.05) is 19.6 Å². The second kappa shape index (κ2) is 8.12. The van der Waals surface area contributed by atoms with Gasteiger partial charge in [0.25, 0.3) is 5.91 Å². The SMILES string of the molecule is O=C(O)c1ccc(C(=O)NC[C@@H](O)CN2CCc3ccccc3C2)cc1. The average Bonchev–Trinajstić information content (AvgIpc) is 2.66. The molecule has 0 unspecified atom stereocenters. The first-order chi connectivity index (χ1) is 12.5. The van der Waals surface area contributed by atoms with Gasteiger partial charge in [0.15, 0.2) is 0 Å². The van der Waals surface area contributed by atoms with Gasteiger partial charge in [0, 0.05) is 31.7 Å². The third-order valence-corrected chi connectivity index (χ3v) is 4.57. The van der Waals surface area contributed by atoms with E-state index in [1.807, 2.05) is 12.1 Å². The molecule has 136 valence electrons. The highest BCUT2D eigenvalue weighted by molar-refractivity contribution is 5.95. The van der Waals surface area contributed by atoms with Gasteiger partial charge in [-0.15, -0.1) is 0 Å². The minimum Gasteiger partial charge on any atom is -0.478 e. The zero-order chi connectivity index (χ0) is 18.5. The minimum absolute atomic E-state index is 0.131. The number of aliphatic hydroxyl groups excluding tert-OH is 1. The number of fused-ring (bicyclic) bond motifs is 1. The lowest BCUT2D eigenvalue weighted by atomic mass is 10.00. The Balaban J connectivity index is 1.47. The third kappa shape index (κ3) is 4.47. The lowest BCUT2D eigenvalue weighted by Gasteiger charge is -2.30. The fourth-order valence-corrected chi connectivity index (χ4v) is 3.15. The van der Waals surface area contributed by atoms with Gasteiger partial charge in [-0.3, -0.25) is 9.69 Å². The van der Waals surface area contributed by atoms with Crippen LogP contribution in [-0.2, 0) is 13.0 Å². The van der Waals surface area contributed by atoms with Gasteiger partial charge >= 0.3 is 5.97 Å². The van der Waals surface area contributed by atoms with Crippen LogP contribution in [0, 0.1) is 0 Å². The highest BCUT2D eigenvalue weighted by Crippen LogP contribution is 2.18. The Morgan fingerprint density at radius 3 is 2.38 bits per heavy atom. The molecule has 0 radical (unpaired) electrons. The normalized spacial score (nSPS) is 15.1. The second-order valence-corrected chi connectivity index (χ2v) is 6.50. The number of aromatic carboxylic acids is 1. The smallest absolute Gasteiger partial charge is 0.335 e. The standard InChI is InChI=1S/C20H22N2O4/c23-18(13-22-10-9-14-3-1-2-4-17(14)12-22)11-21-19(24)15-5-7-16(8-6-15)20(25)26/h1-8,18,23H,9-13H2,(H,21,24)(H,25,26)/t18-/m1/s1. The molecule has 0 spiro atoms. The molecule has 1 amide bonds. The summed E-state index contributed by atoms with van der Waals surface area (Å²) in [5.41, 5.74) is 3.14. The predicted molar refractivity (Wildman–Crippen MR) is 97.2 cm³/mol. The number of nitrogens with one attached hydrogen (secondary N) is 1. The van der Waals surface area contributed by atoms with Crippen LogP contribution < -0.4 is 5.32 Å². The number of aliphatic hydroxyl groups is 1. The molecule has 3 N–H and O–H groups in total. The summed E-state index contributed by atoms with van der Waals surface area (Å²) in [5, 5.41) is 21.8. The number of rotatable bonds is 6. The van der Waals surface area contributed by atoms with Crippen LogP contribution in [0.3, 0.4) is 0 Å². The number of hydrogen-bond acceptors (Lipinski definition) is 4. The lowest BCUT2D eigenvalue weighted by molar-refractivity contribution is 0.0696. The number of hydrogen-bond donors (Lipinski definition) is 3. The number of carbonyl (C=O) groups excluding carboxylic acids is 1. The molecule has 1 atom stereocenters. The molecule has 1 aliphatic heterocycles. The van der Waals surface area contributed by atoms with Crippen LogP contribution in [0.2, 0.25) is 0 Å². The van der Waals surface area contributed by atoms with Gasteiger partial charge in [-0.05, 0) is 41.8 Å². The molecule has 1 heterocycles. The van der Waals surface area contributed by atoms with Crippen LogP contribution in [0.25, 0.3) is 0 Å². The van der Waals surface area contributed by atoms with Gasteiger partial charge in [-0.1, -0.05) is 24.3 Å². The van der Waals surface area contributed by atoms with Crippen LogP contribution in [0.1, 0.15) is 31.8 Å². The van der Waals surface area contributed by atoms with Crippen molar-refractivity contribution in [3.05, 3.63) is 70.8 Å². The van der Waals surface area contributed by atoms with E-state index < -0.39 is 12.1 Å². The van der Waals surface area contributed by atoms with E-state index in [9.17, 15) is 14.7 Å². The number of carbonyl (C=O) groups is 2. The summed E-state index contributed by atoms with van der Waals surface area (Å²) in [6.45, 7) is 2.33.